The Kier molecular flexibility index (Phi) is 3.58. The summed E-state index contributed by atoms with van der Waals surface area (Å²) in [6, 6.07) is 8.37. The third-order valence-corrected chi connectivity index (χ3v) is 2.65. The summed E-state index contributed by atoms with van der Waals surface area (Å²) in [5.74, 6) is 0.131. The Labute approximate surface area is 105 Å². The molecule has 2 N–H and O–H groups in total. The van der Waals surface area contributed by atoms with Gasteiger partial charge in [-0.1, -0.05) is 18.2 Å². The quantitative estimate of drug-likeness (QED) is 0.903. The maximum absolute atomic E-state index is 13.8. The SMILES string of the molecule is Cc1cccc(Oc2ncccc2[C@H](C)N)c1F. The molecule has 1 aromatic heterocycles. The van der Waals surface area contributed by atoms with E-state index in [2.05, 4.69) is 4.98 Å². The molecule has 2 rings (SSSR count). The molecule has 1 aromatic carbocycles. The number of pyridine rings is 1. The number of aryl methyl sites for hydroxylation is 1. The normalized spacial score (nSPS) is 12.2. The first kappa shape index (κ1) is 12.5. The standard InChI is InChI=1S/C14H15FN2O/c1-9-5-3-7-12(13(9)15)18-14-11(10(2)16)6-4-8-17-14/h3-8,10H,16H2,1-2H3/t10-/m0/s1. The van der Waals surface area contributed by atoms with E-state index in [9.17, 15) is 4.39 Å². The fourth-order valence-corrected chi connectivity index (χ4v) is 1.64. The van der Waals surface area contributed by atoms with Gasteiger partial charge in [0.2, 0.25) is 5.88 Å². The molecular formula is C14H15FN2O. The van der Waals surface area contributed by atoms with E-state index in [1.807, 2.05) is 13.0 Å². The Hall–Kier alpha value is -1.94. The molecule has 0 aliphatic heterocycles. The first-order valence-electron chi connectivity index (χ1n) is 5.73. The number of ether oxygens (including phenoxy) is 1. The van der Waals surface area contributed by atoms with Crippen molar-refractivity contribution >= 4 is 0 Å². The predicted molar refractivity (Wildman–Crippen MR) is 68.1 cm³/mol. The van der Waals surface area contributed by atoms with E-state index in [1.165, 1.54) is 0 Å². The van der Waals surface area contributed by atoms with Gasteiger partial charge >= 0.3 is 0 Å². The van der Waals surface area contributed by atoms with Gasteiger partial charge in [0.15, 0.2) is 11.6 Å². The van der Waals surface area contributed by atoms with Crippen LogP contribution in [0.1, 0.15) is 24.1 Å². The summed E-state index contributed by atoms with van der Waals surface area (Å²) in [4.78, 5) is 4.10. The highest BCUT2D eigenvalue weighted by Crippen LogP contribution is 2.29. The molecule has 0 aliphatic rings. The lowest BCUT2D eigenvalue weighted by Gasteiger charge is -2.13. The van der Waals surface area contributed by atoms with Crippen LogP contribution in [0.2, 0.25) is 0 Å². The van der Waals surface area contributed by atoms with E-state index in [0.717, 1.165) is 5.56 Å². The van der Waals surface area contributed by atoms with Gasteiger partial charge in [0.05, 0.1) is 0 Å². The molecule has 0 saturated carbocycles. The van der Waals surface area contributed by atoms with Crippen LogP contribution in [0, 0.1) is 12.7 Å². The monoisotopic (exact) mass is 246 g/mol. The van der Waals surface area contributed by atoms with E-state index in [4.69, 9.17) is 10.5 Å². The summed E-state index contributed by atoms with van der Waals surface area (Å²) >= 11 is 0. The molecule has 0 fully saturated rings. The van der Waals surface area contributed by atoms with Crippen LogP contribution in [0.3, 0.4) is 0 Å². The maximum Gasteiger partial charge on any atom is 0.224 e. The Balaban J connectivity index is 2.37. The molecule has 2 aromatic rings. The van der Waals surface area contributed by atoms with Crippen molar-refractivity contribution in [1.29, 1.82) is 0 Å². The van der Waals surface area contributed by atoms with Crippen LogP contribution < -0.4 is 10.5 Å². The lowest BCUT2D eigenvalue weighted by atomic mass is 10.1. The second kappa shape index (κ2) is 5.14. The van der Waals surface area contributed by atoms with Crippen LogP contribution in [0.25, 0.3) is 0 Å². The summed E-state index contributed by atoms with van der Waals surface area (Å²) in [5, 5.41) is 0. The van der Waals surface area contributed by atoms with Crippen molar-refractivity contribution in [2.75, 3.05) is 0 Å². The number of aromatic nitrogens is 1. The molecule has 0 saturated heterocycles. The van der Waals surface area contributed by atoms with Gasteiger partial charge < -0.3 is 10.5 Å². The molecule has 0 radical (unpaired) electrons. The summed E-state index contributed by atoms with van der Waals surface area (Å²) in [5.41, 5.74) is 7.10. The van der Waals surface area contributed by atoms with Crippen molar-refractivity contribution in [3.63, 3.8) is 0 Å². The van der Waals surface area contributed by atoms with E-state index in [-0.39, 0.29) is 17.6 Å². The second-order valence-corrected chi connectivity index (χ2v) is 4.18. The van der Waals surface area contributed by atoms with Gasteiger partial charge in [-0.25, -0.2) is 9.37 Å². The molecule has 1 atom stereocenters. The average Bonchev–Trinajstić information content (AvgIpc) is 2.35. The Morgan fingerprint density at radius 1 is 1.28 bits per heavy atom. The molecule has 94 valence electrons. The van der Waals surface area contributed by atoms with Gasteiger partial charge in [0, 0.05) is 17.8 Å². The van der Waals surface area contributed by atoms with Gasteiger partial charge in [-0.05, 0) is 31.5 Å². The van der Waals surface area contributed by atoms with E-state index >= 15 is 0 Å². The number of benzene rings is 1. The molecule has 0 unspecified atom stereocenters. The van der Waals surface area contributed by atoms with E-state index in [1.54, 1.807) is 37.4 Å². The minimum absolute atomic E-state index is 0.163. The van der Waals surface area contributed by atoms with Crippen molar-refractivity contribution in [3.05, 3.63) is 53.5 Å². The Morgan fingerprint density at radius 3 is 2.78 bits per heavy atom. The summed E-state index contributed by atoms with van der Waals surface area (Å²) in [6.45, 7) is 3.52. The van der Waals surface area contributed by atoms with Gasteiger partial charge in [-0.3, -0.25) is 0 Å². The molecule has 4 heteroatoms. The Bertz CT molecular complexity index is 555. The molecule has 0 spiro atoms. The third-order valence-electron chi connectivity index (χ3n) is 2.65. The number of nitrogens with two attached hydrogens (primary N) is 1. The van der Waals surface area contributed by atoms with Crippen molar-refractivity contribution in [1.82, 2.24) is 4.98 Å². The van der Waals surface area contributed by atoms with Crippen LogP contribution in [0.5, 0.6) is 11.6 Å². The maximum atomic E-state index is 13.8. The molecular weight excluding hydrogens is 231 g/mol. The second-order valence-electron chi connectivity index (χ2n) is 4.18. The largest absolute Gasteiger partial charge is 0.436 e. The number of hydrogen-bond donors (Lipinski definition) is 1. The molecule has 0 aliphatic carbocycles. The average molecular weight is 246 g/mol. The van der Waals surface area contributed by atoms with Gasteiger partial charge in [0.1, 0.15) is 0 Å². The lowest BCUT2D eigenvalue weighted by molar-refractivity contribution is 0.418. The minimum atomic E-state index is -0.376. The van der Waals surface area contributed by atoms with Gasteiger partial charge in [-0.15, -0.1) is 0 Å². The fourth-order valence-electron chi connectivity index (χ4n) is 1.64. The third kappa shape index (κ3) is 2.49. The lowest BCUT2D eigenvalue weighted by Crippen LogP contribution is -2.07. The van der Waals surface area contributed by atoms with Crippen LogP contribution in [0.4, 0.5) is 4.39 Å². The van der Waals surface area contributed by atoms with Gasteiger partial charge in [-0.2, -0.15) is 0 Å². The van der Waals surface area contributed by atoms with Crippen LogP contribution in [-0.4, -0.2) is 4.98 Å². The Morgan fingerprint density at radius 2 is 2.06 bits per heavy atom. The van der Waals surface area contributed by atoms with Crippen molar-refractivity contribution in [2.45, 2.75) is 19.9 Å². The number of halogens is 1. The zero-order valence-corrected chi connectivity index (χ0v) is 10.4. The van der Waals surface area contributed by atoms with E-state index < -0.39 is 0 Å². The van der Waals surface area contributed by atoms with E-state index in [0.29, 0.717) is 11.4 Å². The van der Waals surface area contributed by atoms with Crippen LogP contribution >= 0.6 is 0 Å². The van der Waals surface area contributed by atoms with Crippen molar-refractivity contribution < 1.29 is 9.13 Å². The molecule has 18 heavy (non-hydrogen) atoms. The van der Waals surface area contributed by atoms with Crippen LogP contribution in [0.15, 0.2) is 36.5 Å². The number of rotatable bonds is 3. The predicted octanol–water partition coefficient (Wildman–Crippen LogP) is 3.34. The molecule has 3 nitrogen and oxygen atoms in total. The number of nitrogens with zero attached hydrogens (tertiary/aromatic N) is 1. The topological polar surface area (TPSA) is 48.1 Å². The highest BCUT2D eigenvalue weighted by molar-refractivity contribution is 5.36. The molecule has 0 amide bonds. The summed E-state index contributed by atoms with van der Waals surface area (Å²) < 4.78 is 19.4. The van der Waals surface area contributed by atoms with Gasteiger partial charge in [0.25, 0.3) is 0 Å². The first-order valence-corrected chi connectivity index (χ1v) is 5.73. The minimum Gasteiger partial charge on any atom is -0.436 e. The molecule has 1 heterocycles. The number of hydrogen-bond acceptors (Lipinski definition) is 3. The first-order chi connectivity index (χ1) is 8.59. The highest BCUT2D eigenvalue weighted by atomic mass is 19.1. The fraction of sp³-hybridized carbons (Fsp3) is 0.214. The smallest absolute Gasteiger partial charge is 0.224 e. The van der Waals surface area contributed by atoms with Crippen LogP contribution in [-0.2, 0) is 0 Å². The van der Waals surface area contributed by atoms with Crippen molar-refractivity contribution in [2.24, 2.45) is 5.73 Å². The van der Waals surface area contributed by atoms with Crippen molar-refractivity contribution in [3.8, 4) is 11.6 Å². The summed E-state index contributed by atoms with van der Waals surface area (Å²) in [6.07, 6.45) is 1.59. The summed E-state index contributed by atoms with van der Waals surface area (Å²) in [7, 11) is 0. The highest BCUT2D eigenvalue weighted by Gasteiger charge is 2.12. The molecule has 0 bridgehead atoms. The zero-order valence-electron chi connectivity index (χ0n) is 10.4. The zero-order chi connectivity index (χ0) is 13.1.